The second kappa shape index (κ2) is 5.94. The number of amides is 1. The number of nitrogens with zero attached hydrogens (tertiary/aromatic N) is 2. The molecule has 2 N–H and O–H groups in total. The van der Waals surface area contributed by atoms with Crippen LogP contribution in [0, 0.1) is 0 Å². The number of piperazine rings is 1. The second-order valence-electron chi connectivity index (χ2n) is 5.89. The molecule has 0 spiro atoms. The molecule has 1 aromatic rings. The maximum absolute atomic E-state index is 12.4. The standard InChI is InChI=1S/C16H23N3O/c17-15(12-13-4-2-1-3-5-13)16(20)19-10-8-18(9-11-19)14-6-7-14/h1-5,14-15H,6-12,17H2/t15-/m1/s1. The van der Waals surface area contributed by atoms with Crippen LogP contribution < -0.4 is 5.73 Å². The number of nitrogens with two attached hydrogens (primary N) is 1. The van der Waals surface area contributed by atoms with Gasteiger partial charge in [0.15, 0.2) is 0 Å². The van der Waals surface area contributed by atoms with Crippen LogP contribution in [0.1, 0.15) is 18.4 Å². The van der Waals surface area contributed by atoms with E-state index in [1.807, 2.05) is 35.2 Å². The average molecular weight is 273 g/mol. The van der Waals surface area contributed by atoms with Gasteiger partial charge in [-0.15, -0.1) is 0 Å². The Hall–Kier alpha value is -1.39. The van der Waals surface area contributed by atoms with Gasteiger partial charge in [0.25, 0.3) is 0 Å². The van der Waals surface area contributed by atoms with Gasteiger partial charge in [0, 0.05) is 32.2 Å². The van der Waals surface area contributed by atoms with E-state index in [0.717, 1.165) is 37.8 Å². The van der Waals surface area contributed by atoms with Crippen LogP contribution in [0.5, 0.6) is 0 Å². The zero-order valence-electron chi connectivity index (χ0n) is 11.9. The molecule has 0 radical (unpaired) electrons. The van der Waals surface area contributed by atoms with E-state index < -0.39 is 6.04 Å². The normalized spacial score (nSPS) is 21.8. The molecule has 0 unspecified atom stereocenters. The Kier molecular flexibility index (Phi) is 4.03. The smallest absolute Gasteiger partial charge is 0.239 e. The Labute approximate surface area is 120 Å². The first kappa shape index (κ1) is 13.6. The topological polar surface area (TPSA) is 49.6 Å². The summed E-state index contributed by atoms with van der Waals surface area (Å²) in [4.78, 5) is 16.8. The highest BCUT2D eigenvalue weighted by atomic mass is 16.2. The lowest BCUT2D eigenvalue weighted by Gasteiger charge is -2.36. The predicted molar refractivity (Wildman–Crippen MR) is 79.3 cm³/mol. The van der Waals surface area contributed by atoms with E-state index in [1.54, 1.807) is 0 Å². The lowest BCUT2D eigenvalue weighted by molar-refractivity contribution is -0.134. The Morgan fingerprint density at radius 2 is 1.80 bits per heavy atom. The van der Waals surface area contributed by atoms with Crippen LogP contribution in [0.25, 0.3) is 0 Å². The van der Waals surface area contributed by atoms with Crippen molar-refractivity contribution >= 4 is 5.91 Å². The molecule has 1 aliphatic heterocycles. The first-order chi connectivity index (χ1) is 9.74. The quantitative estimate of drug-likeness (QED) is 0.885. The fourth-order valence-electron chi connectivity index (χ4n) is 2.94. The molecule has 1 heterocycles. The van der Waals surface area contributed by atoms with Gasteiger partial charge in [-0.25, -0.2) is 0 Å². The first-order valence-corrected chi connectivity index (χ1v) is 7.56. The van der Waals surface area contributed by atoms with Crippen molar-refractivity contribution in [2.24, 2.45) is 5.73 Å². The van der Waals surface area contributed by atoms with E-state index in [4.69, 9.17) is 5.73 Å². The van der Waals surface area contributed by atoms with Crippen LogP contribution in [0.2, 0.25) is 0 Å². The number of rotatable bonds is 4. The van der Waals surface area contributed by atoms with Crippen molar-refractivity contribution in [3.05, 3.63) is 35.9 Å². The number of hydrogen-bond donors (Lipinski definition) is 1. The highest BCUT2D eigenvalue weighted by Gasteiger charge is 2.33. The Bertz CT molecular complexity index is 450. The molecule has 0 aromatic heterocycles. The monoisotopic (exact) mass is 273 g/mol. The largest absolute Gasteiger partial charge is 0.339 e. The molecule has 1 saturated carbocycles. The van der Waals surface area contributed by atoms with Crippen molar-refractivity contribution in [1.82, 2.24) is 9.80 Å². The summed E-state index contributed by atoms with van der Waals surface area (Å²) in [6.07, 6.45) is 3.30. The predicted octanol–water partition coefficient (Wildman–Crippen LogP) is 0.863. The van der Waals surface area contributed by atoms with Crippen LogP contribution in [0.3, 0.4) is 0 Å². The summed E-state index contributed by atoms with van der Waals surface area (Å²) >= 11 is 0. The highest BCUT2D eigenvalue weighted by molar-refractivity contribution is 5.82. The van der Waals surface area contributed by atoms with E-state index in [-0.39, 0.29) is 5.91 Å². The summed E-state index contributed by atoms with van der Waals surface area (Å²) in [5.74, 6) is 0.101. The zero-order chi connectivity index (χ0) is 13.9. The van der Waals surface area contributed by atoms with E-state index in [0.29, 0.717) is 6.42 Å². The Balaban J connectivity index is 1.50. The van der Waals surface area contributed by atoms with Crippen LogP contribution in [-0.4, -0.2) is 54.0 Å². The summed E-state index contributed by atoms with van der Waals surface area (Å²) in [5, 5.41) is 0. The SMILES string of the molecule is N[C@H](Cc1ccccc1)C(=O)N1CCN(C2CC2)CC1. The van der Waals surface area contributed by atoms with E-state index in [1.165, 1.54) is 12.8 Å². The molecule has 2 fully saturated rings. The number of carbonyl (C=O) groups excluding carboxylic acids is 1. The molecule has 1 atom stereocenters. The number of benzene rings is 1. The van der Waals surface area contributed by atoms with Crippen LogP contribution >= 0.6 is 0 Å². The molecule has 2 aliphatic rings. The summed E-state index contributed by atoms with van der Waals surface area (Å²) < 4.78 is 0. The lowest BCUT2D eigenvalue weighted by atomic mass is 10.1. The van der Waals surface area contributed by atoms with Gasteiger partial charge >= 0.3 is 0 Å². The van der Waals surface area contributed by atoms with Gasteiger partial charge in [0.2, 0.25) is 5.91 Å². The lowest BCUT2D eigenvalue weighted by Crippen LogP contribution is -2.54. The van der Waals surface area contributed by atoms with E-state index in [2.05, 4.69) is 4.90 Å². The molecule has 0 bridgehead atoms. The maximum Gasteiger partial charge on any atom is 0.239 e. The molecule has 1 amide bonds. The van der Waals surface area contributed by atoms with Crippen molar-refractivity contribution in [3.63, 3.8) is 0 Å². The Morgan fingerprint density at radius 3 is 2.40 bits per heavy atom. The molecule has 1 saturated heterocycles. The van der Waals surface area contributed by atoms with Gasteiger partial charge in [-0.3, -0.25) is 9.69 Å². The second-order valence-corrected chi connectivity index (χ2v) is 5.89. The third kappa shape index (κ3) is 3.19. The van der Waals surface area contributed by atoms with Crippen molar-refractivity contribution in [2.75, 3.05) is 26.2 Å². The molecule has 4 heteroatoms. The van der Waals surface area contributed by atoms with Crippen LogP contribution in [-0.2, 0) is 11.2 Å². The van der Waals surface area contributed by atoms with Gasteiger partial charge in [-0.05, 0) is 24.8 Å². The van der Waals surface area contributed by atoms with Crippen LogP contribution in [0.4, 0.5) is 0 Å². The molecule has 3 rings (SSSR count). The first-order valence-electron chi connectivity index (χ1n) is 7.56. The average Bonchev–Trinajstić information content (AvgIpc) is 3.32. The molecule has 20 heavy (non-hydrogen) atoms. The van der Waals surface area contributed by atoms with Crippen molar-refractivity contribution < 1.29 is 4.79 Å². The maximum atomic E-state index is 12.4. The molecule has 108 valence electrons. The van der Waals surface area contributed by atoms with Gasteiger partial charge < -0.3 is 10.6 Å². The summed E-state index contributed by atoms with van der Waals surface area (Å²) in [6.45, 7) is 3.68. The van der Waals surface area contributed by atoms with Crippen molar-refractivity contribution in [3.8, 4) is 0 Å². The minimum absolute atomic E-state index is 0.101. The fraction of sp³-hybridized carbons (Fsp3) is 0.562. The minimum atomic E-state index is -0.412. The number of hydrogen-bond acceptors (Lipinski definition) is 3. The Morgan fingerprint density at radius 1 is 1.15 bits per heavy atom. The van der Waals surface area contributed by atoms with Crippen molar-refractivity contribution in [2.45, 2.75) is 31.3 Å². The van der Waals surface area contributed by atoms with Crippen molar-refractivity contribution in [1.29, 1.82) is 0 Å². The molecule has 1 aromatic carbocycles. The van der Waals surface area contributed by atoms with E-state index >= 15 is 0 Å². The zero-order valence-corrected chi connectivity index (χ0v) is 11.9. The van der Waals surface area contributed by atoms with E-state index in [9.17, 15) is 4.79 Å². The fourth-order valence-corrected chi connectivity index (χ4v) is 2.94. The van der Waals surface area contributed by atoms with Gasteiger partial charge in [-0.2, -0.15) is 0 Å². The molecular formula is C16H23N3O. The summed E-state index contributed by atoms with van der Waals surface area (Å²) in [5.41, 5.74) is 7.21. The van der Waals surface area contributed by atoms with Gasteiger partial charge in [-0.1, -0.05) is 30.3 Å². The highest BCUT2D eigenvalue weighted by Crippen LogP contribution is 2.27. The number of carbonyl (C=O) groups is 1. The van der Waals surface area contributed by atoms with Crippen LogP contribution in [0.15, 0.2) is 30.3 Å². The van der Waals surface area contributed by atoms with Gasteiger partial charge in [0.1, 0.15) is 0 Å². The third-order valence-electron chi connectivity index (χ3n) is 4.30. The summed E-state index contributed by atoms with van der Waals surface area (Å²) in [6, 6.07) is 10.4. The molecular weight excluding hydrogens is 250 g/mol. The third-order valence-corrected chi connectivity index (χ3v) is 4.30. The molecule has 4 nitrogen and oxygen atoms in total. The molecule has 1 aliphatic carbocycles. The van der Waals surface area contributed by atoms with Gasteiger partial charge in [0.05, 0.1) is 6.04 Å². The minimum Gasteiger partial charge on any atom is -0.339 e. The summed E-state index contributed by atoms with van der Waals surface area (Å²) in [7, 11) is 0.